The van der Waals surface area contributed by atoms with Crippen molar-refractivity contribution in [2.45, 2.75) is 30.6 Å². The second-order valence-electron chi connectivity index (χ2n) is 5.94. The molecule has 0 bridgehead atoms. The minimum Gasteiger partial charge on any atom is -0.497 e. The summed E-state index contributed by atoms with van der Waals surface area (Å²) in [5.74, 6) is 0.405. The van der Waals surface area contributed by atoms with Gasteiger partial charge in [-0.2, -0.15) is 0 Å². The van der Waals surface area contributed by atoms with Gasteiger partial charge in [0.25, 0.3) is 0 Å². The van der Waals surface area contributed by atoms with Gasteiger partial charge < -0.3 is 14.8 Å². The van der Waals surface area contributed by atoms with E-state index in [1.807, 2.05) is 0 Å². The van der Waals surface area contributed by atoms with Gasteiger partial charge in [0.2, 0.25) is 11.8 Å². The van der Waals surface area contributed by atoms with Gasteiger partial charge in [-0.25, -0.2) is 0 Å². The Morgan fingerprint density at radius 1 is 1.44 bits per heavy atom. The molecule has 1 aromatic rings. The average molecular weight is 380 g/mol. The smallest absolute Gasteiger partial charge is 0.242 e. The number of amides is 2. The fourth-order valence-electron chi connectivity index (χ4n) is 2.84. The van der Waals surface area contributed by atoms with Gasteiger partial charge in [-0.05, 0) is 37.1 Å². The summed E-state index contributed by atoms with van der Waals surface area (Å²) in [6.07, 6.45) is 2.10. The number of benzene rings is 1. The Balaban J connectivity index is 1.53. The largest absolute Gasteiger partial charge is 0.497 e. The van der Waals surface area contributed by atoms with Gasteiger partial charge in [0.1, 0.15) is 10.1 Å². The van der Waals surface area contributed by atoms with Crippen LogP contribution in [-0.2, 0) is 14.3 Å². The summed E-state index contributed by atoms with van der Waals surface area (Å²) >= 11 is 6.59. The SMILES string of the molecule is COc1ccc(NC(=O)CC2SC(=S)N(CC3CCCO3)C2=O)cc1. The van der Waals surface area contributed by atoms with E-state index in [9.17, 15) is 9.59 Å². The molecule has 0 spiro atoms. The van der Waals surface area contributed by atoms with Crippen molar-refractivity contribution in [3.63, 3.8) is 0 Å². The highest BCUT2D eigenvalue weighted by Crippen LogP contribution is 2.31. The highest BCUT2D eigenvalue weighted by Gasteiger charge is 2.39. The maximum Gasteiger partial charge on any atom is 0.242 e. The quantitative estimate of drug-likeness (QED) is 0.765. The van der Waals surface area contributed by atoms with Crippen molar-refractivity contribution in [1.29, 1.82) is 0 Å². The molecule has 1 N–H and O–H groups in total. The van der Waals surface area contributed by atoms with E-state index >= 15 is 0 Å². The number of anilines is 1. The second-order valence-corrected chi connectivity index (χ2v) is 7.77. The lowest BCUT2D eigenvalue weighted by Crippen LogP contribution is -2.38. The molecule has 0 radical (unpaired) electrons. The van der Waals surface area contributed by atoms with E-state index in [0.29, 0.717) is 16.6 Å². The number of methoxy groups -OCH3 is 1. The molecule has 0 saturated carbocycles. The van der Waals surface area contributed by atoms with Gasteiger partial charge in [-0.3, -0.25) is 14.5 Å². The Bertz CT molecular complexity index is 659. The van der Waals surface area contributed by atoms with Crippen molar-refractivity contribution < 1.29 is 19.1 Å². The third-order valence-electron chi connectivity index (χ3n) is 4.16. The molecule has 2 atom stereocenters. The van der Waals surface area contributed by atoms with E-state index in [0.717, 1.165) is 25.2 Å². The first-order valence-electron chi connectivity index (χ1n) is 8.14. The summed E-state index contributed by atoms with van der Waals surface area (Å²) in [6.45, 7) is 1.22. The van der Waals surface area contributed by atoms with Crippen LogP contribution in [0.4, 0.5) is 5.69 Å². The van der Waals surface area contributed by atoms with Crippen molar-refractivity contribution in [2.24, 2.45) is 0 Å². The summed E-state index contributed by atoms with van der Waals surface area (Å²) in [5, 5.41) is 2.33. The third-order valence-corrected chi connectivity index (χ3v) is 5.74. The minimum atomic E-state index is -0.466. The molecular weight excluding hydrogens is 360 g/mol. The lowest BCUT2D eigenvalue weighted by atomic mass is 10.2. The molecule has 2 heterocycles. The van der Waals surface area contributed by atoms with E-state index in [-0.39, 0.29) is 24.3 Å². The van der Waals surface area contributed by atoms with Crippen LogP contribution in [0.1, 0.15) is 19.3 Å². The van der Waals surface area contributed by atoms with Crippen molar-refractivity contribution >= 4 is 45.8 Å². The van der Waals surface area contributed by atoms with Gasteiger partial charge in [0.05, 0.1) is 25.0 Å². The number of thiocarbonyl (C=S) groups is 1. The van der Waals surface area contributed by atoms with Crippen LogP contribution in [0.3, 0.4) is 0 Å². The van der Waals surface area contributed by atoms with Gasteiger partial charge in [0, 0.05) is 18.7 Å². The Morgan fingerprint density at radius 2 is 2.20 bits per heavy atom. The minimum absolute atomic E-state index is 0.0503. The molecule has 25 heavy (non-hydrogen) atoms. The highest BCUT2D eigenvalue weighted by atomic mass is 32.2. The number of hydrogen-bond acceptors (Lipinski definition) is 6. The zero-order valence-corrected chi connectivity index (χ0v) is 15.5. The zero-order chi connectivity index (χ0) is 17.8. The number of ether oxygens (including phenoxy) is 2. The zero-order valence-electron chi connectivity index (χ0n) is 13.9. The Labute approximate surface area is 156 Å². The third kappa shape index (κ3) is 4.50. The predicted octanol–water partition coefficient (Wildman–Crippen LogP) is 2.43. The summed E-state index contributed by atoms with van der Waals surface area (Å²) in [5.41, 5.74) is 0.667. The van der Waals surface area contributed by atoms with Gasteiger partial charge in [0.15, 0.2) is 0 Å². The summed E-state index contributed by atoms with van der Waals surface area (Å²) < 4.78 is 11.2. The molecule has 134 valence electrons. The molecule has 2 unspecified atom stereocenters. The Kier molecular flexibility index (Phi) is 5.93. The van der Waals surface area contributed by atoms with Crippen molar-refractivity contribution in [3.05, 3.63) is 24.3 Å². The molecule has 2 saturated heterocycles. The van der Waals surface area contributed by atoms with Crippen molar-refractivity contribution in [2.75, 3.05) is 25.6 Å². The van der Waals surface area contributed by atoms with E-state index in [2.05, 4.69) is 5.32 Å². The normalized spacial score (nSPS) is 23.2. The first-order valence-corrected chi connectivity index (χ1v) is 9.43. The molecule has 2 fully saturated rings. The van der Waals surface area contributed by atoms with Crippen LogP contribution in [-0.4, -0.2) is 52.7 Å². The number of thioether (sulfide) groups is 1. The molecule has 6 nitrogen and oxygen atoms in total. The Morgan fingerprint density at radius 3 is 2.84 bits per heavy atom. The average Bonchev–Trinajstić information content (AvgIpc) is 3.20. The number of nitrogens with zero attached hydrogens (tertiary/aromatic N) is 1. The molecule has 2 aliphatic rings. The van der Waals surface area contributed by atoms with Gasteiger partial charge in [-0.1, -0.05) is 24.0 Å². The van der Waals surface area contributed by atoms with Gasteiger partial charge in [-0.15, -0.1) is 0 Å². The standard InChI is InChI=1S/C17H20N2O4S2/c1-22-12-6-4-11(5-7-12)18-15(20)9-14-16(21)19(17(24)25-14)10-13-3-2-8-23-13/h4-7,13-14H,2-3,8-10H2,1H3,(H,18,20). The van der Waals surface area contributed by atoms with Crippen LogP contribution in [0, 0.1) is 0 Å². The van der Waals surface area contributed by atoms with Crippen LogP contribution >= 0.6 is 24.0 Å². The van der Waals surface area contributed by atoms with E-state index < -0.39 is 5.25 Å². The fraction of sp³-hybridized carbons (Fsp3) is 0.471. The number of carbonyl (C=O) groups excluding carboxylic acids is 2. The second kappa shape index (κ2) is 8.16. The van der Waals surface area contributed by atoms with Crippen LogP contribution in [0.5, 0.6) is 5.75 Å². The lowest BCUT2D eigenvalue weighted by molar-refractivity contribution is -0.129. The summed E-state index contributed by atoms with van der Waals surface area (Å²) in [6, 6.07) is 7.05. The van der Waals surface area contributed by atoms with Crippen molar-refractivity contribution in [3.8, 4) is 5.75 Å². The van der Waals surface area contributed by atoms with E-state index in [1.165, 1.54) is 11.8 Å². The molecule has 8 heteroatoms. The summed E-state index contributed by atoms with van der Waals surface area (Å²) in [7, 11) is 1.59. The molecule has 0 aliphatic carbocycles. The van der Waals surface area contributed by atoms with Crippen molar-refractivity contribution in [1.82, 2.24) is 4.90 Å². The molecule has 2 amide bonds. The highest BCUT2D eigenvalue weighted by molar-refractivity contribution is 8.24. The van der Waals surface area contributed by atoms with E-state index in [1.54, 1.807) is 36.3 Å². The van der Waals surface area contributed by atoms with Gasteiger partial charge >= 0.3 is 0 Å². The topological polar surface area (TPSA) is 67.9 Å². The molecule has 1 aromatic carbocycles. The lowest BCUT2D eigenvalue weighted by Gasteiger charge is -2.19. The Hall–Kier alpha value is -1.64. The monoisotopic (exact) mass is 380 g/mol. The molecular formula is C17H20N2O4S2. The van der Waals surface area contributed by atoms with Crippen LogP contribution in [0.25, 0.3) is 0 Å². The molecule has 0 aromatic heterocycles. The first-order chi connectivity index (χ1) is 12.1. The first kappa shape index (κ1) is 18.2. The predicted molar refractivity (Wildman–Crippen MR) is 101 cm³/mol. The van der Waals surface area contributed by atoms with Crippen LogP contribution < -0.4 is 10.1 Å². The van der Waals surface area contributed by atoms with Crippen LogP contribution in [0.15, 0.2) is 24.3 Å². The number of carbonyl (C=O) groups is 2. The number of hydrogen-bond donors (Lipinski definition) is 1. The van der Waals surface area contributed by atoms with E-state index in [4.69, 9.17) is 21.7 Å². The number of nitrogens with one attached hydrogen (secondary N) is 1. The summed E-state index contributed by atoms with van der Waals surface area (Å²) in [4.78, 5) is 26.4. The molecule has 2 aliphatic heterocycles. The maximum absolute atomic E-state index is 12.5. The van der Waals surface area contributed by atoms with Crippen LogP contribution in [0.2, 0.25) is 0 Å². The fourth-order valence-corrected chi connectivity index (χ4v) is 4.35. The maximum atomic E-state index is 12.5. The number of rotatable bonds is 6. The molecule has 3 rings (SSSR count).